The monoisotopic (exact) mass is 277 g/mol. The minimum atomic E-state index is -0.910. The second-order valence-corrected chi connectivity index (χ2v) is 4.94. The summed E-state index contributed by atoms with van der Waals surface area (Å²) < 4.78 is 15.8. The largest absolute Gasteiger partial charge is 0.493 e. The summed E-state index contributed by atoms with van der Waals surface area (Å²) in [5, 5.41) is 20.0. The molecule has 0 spiro atoms. The van der Waals surface area contributed by atoms with Gasteiger partial charge in [-0.25, -0.2) is 0 Å². The average molecular weight is 277 g/mol. The van der Waals surface area contributed by atoms with Crippen LogP contribution in [0.4, 0.5) is 0 Å². The van der Waals surface area contributed by atoms with Gasteiger partial charge in [0.15, 0.2) is 11.5 Å². The SMILES string of the molecule is COc1ccc(C(O)C2(C#N)CCCOC2)cc1OC. The van der Waals surface area contributed by atoms with Crippen LogP contribution in [0, 0.1) is 16.7 Å². The number of rotatable bonds is 4. The van der Waals surface area contributed by atoms with Crippen molar-refractivity contribution in [3.63, 3.8) is 0 Å². The minimum absolute atomic E-state index is 0.249. The van der Waals surface area contributed by atoms with Crippen molar-refractivity contribution in [2.45, 2.75) is 18.9 Å². The van der Waals surface area contributed by atoms with E-state index in [9.17, 15) is 10.4 Å². The Morgan fingerprint density at radius 2 is 2.10 bits per heavy atom. The average Bonchev–Trinajstić information content (AvgIpc) is 2.54. The van der Waals surface area contributed by atoms with Crippen LogP contribution in [0.15, 0.2) is 18.2 Å². The van der Waals surface area contributed by atoms with E-state index in [0.29, 0.717) is 30.1 Å². The number of benzene rings is 1. The molecule has 0 saturated carbocycles. The molecule has 1 saturated heterocycles. The van der Waals surface area contributed by atoms with Gasteiger partial charge in [0, 0.05) is 6.61 Å². The molecule has 1 aromatic carbocycles. The quantitative estimate of drug-likeness (QED) is 0.912. The van der Waals surface area contributed by atoms with Gasteiger partial charge in [0.2, 0.25) is 0 Å². The van der Waals surface area contributed by atoms with Gasteiger partial charge in [-0.05, 0) is 30.5 Å². The Kier molecular flexibility index (Phi) is 4.48. The number of nitrogens with zero attached hydrogens (tertiary/aromatic N) is 1. The Morgan fingerprint density at radius 3 is 2.65 bits per heavy atom. The van der Waals surface area contributed by atoms with Gasteiger partial charge >= 0.3 is 0 Å². The molecule has 20 heavy (non-hydrogen) atoms. The van der Waals surface area contributed by atoms with Gasteiger partial charge in [-0.1, -0.05) is 6.07 Å². The minimum Gasteiger partial charge on any atom is -0.493 e. The Morgan fingerprint density at radius 1 is 1.35 bits per heavy atom. The standard InChI is InChI=1S/C15H19NO4/c1-18-12-5-4-11(8-13(12)19-2)14(17)15(9-16)6-3-7-20-10-15/h4-5,8,14,17H,3,6-7,10H2,1-2H3. The lowest BCUT2D eigenvalue weighted by Crippen LogP contribution is -2.36. The molecule has 0 aliphatic carbocycles. The summed E-state index contributed by atoms with van der Waals surface area (Å²) >= 11 is 0. The third-order valence-electron chi connectivity index (χ3n) is 3.74. The van der Waals surface area contributed by atoms with Gasteiger partial charge in [0.1, 0.15) is 5.41 Å². The van der Waals surface area contributed by atoms with E-state index in [2.05, 4.69) is 6.07 Å². The number of methoxy groups -OCH3 is 2. The molecule has 0 amide bonds. The fourth-order valence-corrected chi connectivity index (χ4v) is 2.52. The van der Waals surface area contributed by atoms with Crippen molar-refractivity contribution in [1.29, 1.82) is 5.26 Å². The van der Waals surface area contributed by atoms with Crippen LogP contribution in [-0.2, 0) is 4.74 Å². The molecule has 0 bridgehead atoms. The van der Waals surface area contributed by atoms with Crippen LogP contribution in [0.5, 0.6) is 11.5 Å². The van der Waals surface area contributed by atoms with Crippen LogP contribution in [-0.4, -0.2) is 32.5 Å². The molecule has 1 aliphatic rings. The van der Waals surface area contributed by atoms with Crippen molar-refractivity contribution in [2.24, 2.45) is 5.41 Å². The van der Waals surface area contributed by atoms with Crippen LogP contribution in [0.1, 0.15) is 24.5 Å². The normalized spacial score (nSPS) is 23.7. The van der Waals surface area contributed by atoms with E-state index in [1.54, 1.807) is 25.3 Å². The molecule has 2 atom stereocenters. The second kappa shape index (κ2) is 6.12. The maximum atomic E-state index is 10.6. The molecular formula is C15H19NO4. The zero-order chi connectivity index (χ0) is 14.6. The zero-order valence-electron chi connectivity index (χ0n) is 11.8. The Labute approximate surface area is 118 Å². The molecular weight excluding hydrogens is 258 g/mol. The number of hydrogen-bond acceptors (Lipinski definition) is 5. The zero-order valence-corrected chi connectivity index (χ0v) is 11.8. The highest BCUT2D eigenvalue weighted by atomic mass is 16.5. The topological polar surface area (TPSA) is 71.7 Å². The van der Waals surface area contributed by atoms with Crippen molar-refractivity contribution < 1.29 is 19.3 Å². The molecule has 1 fully saturated rings. The molecule has 1 N–H and O–H groups in total. The molecule has 1 aromatic rings. The number of aliphatic hydroxyl groups excluding tert-OH is 1. The van der Waals surface area contributed by atoms with Crippen molar-refractivity contribution in [2.75, 3.05) is 27.4 Å². The van der Waals surface area contributed by atoms with Crippen LogP contribution in [0.2, 0.25) is 0 Å². The van der Waals surface area contributed by atoms with Gasteiger partial charge in [-0.15, -0.1) is 0 Å². The van der Waals surface area contributed by atoms with Crippen LogP contribution < -0.4 is 9.47 Å². The summed E-state index contributed by atoms with van der Waals surface area (Å²) in [6, 6.07) is 7.42. The Balaban J connectivity index is 2.32. The first-order valence-corrected chi connectivity index (χ1v) is 6.56. The fraction of sp³-hybridized carbons (Fsp3) is 0.533. The molecule has 0 aromatic heterocycles. The molecule has 2 rings (SSSR count). The maximum Gasteiger partial charge on any atom is 0.161 e. The van der Waals surface area contributed by atoms with E-state index in [4.69, 9.17) is 14.2 Å². The first-order valence-electron chi connectivity index (χ1n) is 6.56. The predicted octanol–water partition coefficient (Wildman–Crippen LogP) is 2.06. The van der Waals surface area contributed by atoms with Gasteiger partial charge in [0.05, 0.1) is 33.0 Å². The number of aliphatic hydroxyl groups is 1. The first-order chi connectivity index (χ1) is 9.66. The smallest absolute Gasteiger partial charge is 0.161 e. The van der Waals surface area contributed by atoms with Gasteiger partial charge < -0.3 is 19.3 Å². The first kappa shape index (κ1) is 14.6. The molecule has 108 valence electrons. The van der Waals surface area contributed by atoms with Gasteiger partial charge in [-0.2, -0.15) is 5.26 Å². The van der Waals surface area contributed by atoms with Crippen molar-refractivity contribution in [1.82, 2.24) is 0 Å². The van der Waals surface area contributed by atoms with E-state index in [-0.39, 0.29) is 6.61 Å². The van der Waals surface area contributed by atoms with Crippen molar-refractivity contribution >= 4 is 0 Å². The molecule has 2 unspecified atom stereocenters. The van der Waals surface area contributed by atoms with Crippen LogP contribution in [0.25, 0.3) is 0 Å². The summed E-state index contributed by atoms with van der Waals surface area (Å²) in [7, 11) is 3.09. The maximum absolute atomic E-state index is 10.6. The summed E-state index contributed by atoms with van der Waals surface area (Å²) in [5.41, 5.74) is -0.257. The molecule has 1 aliphatic heterocycles. The van der Waals surface area contributed by atoms with E-state index in [1.807, 2.05) is 0 Å². The Bertz CT molecular complexity index is 503. The third-order valence-corrected chi connectivity index (χ3v) is 3.74. The van der Waals surface area contributed by atoms with Crippen molar-refractivity contribution in [3.05, 3.63) is 23.8 Å². The lowest BCUT2D eigenvalue weighted by atomic mass is 9.76. The number of hydrogen-bond donors (Lipinski definition) is 1. The summed E-state index contributed by atoms with van der Waals surface area (Å²) in [6.45, 7) is 0.890. The molecule has 1 heterocycles. The predicted molar refractivity (Wildman–Crippen MR) is 72.6 cm³/mol. The highest BCUT2D eigenvalue weighted by Gasteiger charge is 2.41. The Hall–Kier alpha value is -1.77. The van der Waals surface area contributed by atoms with E-state index >= 15 is 0 Å². The fourth-order valence-electron chi connectivity index (χ4n) is 2.52. The van der Waals surface area contributed by atoms with E-state index in [0.717, 1.165) is 6.42 Å². The summed E-state index contributed by atoms with van der Waals surface area (Å²) in [4.78, 5) is 0. The molecule has 5 heteroatoms. The summed E-state index contributed by atoms with van der Waals surface area (Å²) in [6.07, 6.45) is 0.490. The number of ether oxygens (including phenoxy) is 3. The summed E-state index contributed by atoms with van der Waals surface area (Å²) in [5.74, 6) is 1.13. The van der Waals surface area contributed by atoms with Crippen LogP contribution in [0.3, 0.4) is 0 Å². The second-order valence-electron chi connectivity index (χ2n) is 4.94. The molecule has 5 nitrogen and oxygen atoms in total. The van der Waals surface area contributed by atoms with Crippen molar-refractivity contribution in [3.8, 4) is 17.6 Å². The van der Waals surface area contributed by atoms with E-state index < -0.39 is 11.5 Å². The number of nitriles is 1. The highest BCUT2D eigenvalue weighted by molar-refractivity contribution is 5.44. The third kappa shape index (κ3) is 2.58. The van der Waals surface area contributed by atoms with E-state index in [1.165, 1.54) is 7.11 Å². The van der Waals surface area contributed by atoms with Gasteiger partial charge in [-0.3, -0.25) is 0 Å². The highest BCUT2D eigenvalue weighted by Crippen LogP contribution is 2.42. The lowest BCUT2D eigenvalue weighted by Gasteiger charge is -2.35. The van der Waals surface area contributed by atoms with Gasteiger partial charge in [0.25, 0.3) is 0 Å². The lowest BCUT2D eigenvalue weighted by molar-refractivity contribution is -0.0506. The van der Waals surface area contributed by atoms with Crippen LogP contribution >= 0.6 is 0 Å². The molecule has 0 radical (unpaired) electrons.